The number of allylic oxidation sites excluding steroid dienone is 2. The lowest BCUT2D eigenvalue weighted by Gasteiger charge is -2.12. The average molecular weight is 340 g/mol. The van der Waals surface area contributed by atoms with Gasteiger partial charge in [-0.2, -0.15) is 0 Å². The minimum atomic E-state index is -0.474. The van der Waals surface area contributed by atoms with Gasteiger partial charge in [0, 0.05) is 6.61 Å². The molecule has 1 radical (unpaired) electrons. The van der Waals surface area contributed by atoms with Gasteiger partial charge in [-0.05, 0) is 50.6 Å². The van der Waals surface area contributed by atoms with Gasteiger partial charge >= 0.3 is 0 Å². The second kappa shape index (κ2) is 16.8. The third kappa shape index (κ3) is 18.1. The molecule has 1 nitrogen and oxygen atoms in total. The van der Waals surface area contributed by atoms with Crippen LogP contribution in [-0.4, -0.2) is 15.6 Å². The molecule has 23 heavy (non-hydrogen) atoms. The van der Waals surface area contributed by atoms with Crippen molar-refractivity contribution >= 4 is 9.04 Å². The number of unbranched alkanes of at least 4 members (excludes halogenated alkanes) is 5. The highest BCUT2D eigenvalue weighted by molar-refractivity contribution is 6.48. The van der Waals surface area contributed by atoms with Crippen LogP contribution in [0.1, 0.15) is 91.4 Å². The Hall–Kier alpha value is -0.0831. The molecular weight excluding hydrogens is 296 g/mol. The predicted molar refractivity (Wildman–Crippen MR) is 107 cm³/mol. The zero-order valence-corrected chi connectivity index (χ0v) is 17.7. The first-order valence-electron chi connectivity index (χ1n) is 10.2. The molecule has 0 heterocycles. The Morgan fingerprint density at radius 2 is 1.57 bits per heavy atom. The fourth-order valence-corrected chi connectivity index (χ4v) is 3.46. The van der Waals surface area contributed by atoms with Crippen molar-refractivity contribution < 1.29 is 4.43 Å². The lowest BCUT2D eigenvalue weighted by Crippen LogP contribution is -2.08. The summed E-state index contributed by atoms with van der Waals surface area (Å²) >= 11 is 0. The minimum absolute atomic E-state index is 0.474. The molecule has 0 aromatic carbocycles. The van der Waals surface area contributed by atoms with Crippen LogP contribution >= 0.6 is 0 Å². The number of rotatable bonds is 16. The summed E-state index contributed by atoms with van der Waals surface area (Å²) in [6, 6.07) is 0. The van der Waals surface area contributed by atoms with E-state index in [2.05, 4.69) is 46.0 Å². The molecule has 0 saturated carbocycles. The van der Waals surface area contributed by atoms with Gasteiger partial charge in [-0.15, -0.1) is 0 Å². The van der Waals surface area contributed by atoms with Crippen molar-refractivity contribution in [2.24, 2.45) is 11.8 Å². The van der Waals surface area contributed by atoms with Crippen LogP contribution in [0.5, 0.6) is 0 Å². The molecule has 0 fully saturated rings. The van der Waals surface area contributed by atoms with Crippen LogP contribution in [-0.2, 0) is 4.43 Å². The van der Waals surface area contributed by atoms with Gasteiger partial charge in [0.2, 0.25) is 9.04 Å². The van der Waals surface area contributed by atoms with Gasteiger partial charge < -0.3 is 4.43 Å². The summed E-state index contributed by atoms with van der Waals surface area (Å²) in [5, 5.41) is 0. The molecule has 0 unspecified atom stereocenters. The molecule has 2 atom stereocenters. The van der Waals surface area contributed by atoms with E-state index in [4.69, 9.17) is 4.43 Å². The summed E-state index contributed by atoms with van der Waals surface area (Å²) < 4.78 is 5.66. The topological polar surface area (TPSA) is 9.23 Å². The van der Waals surface area contributed by atoms with Gasteiger partial charge in [-0.1, -0.05) is 77.9 Å². The fourth-order valence-electron chi connectivity index (χ4n) is 2.90. The molecule has 0 bridgehead atoms. The van der Waals surface area contributed by atoms with E-state index >= 15 is 0 Å². The molecule has 137 valence electrons. The molecule has 0 rings (SSSR count). The highest BCUT2D eigenvalue weighted by Crippen LogP contribution is 2.18. The summed E-state index contributed by atoms with van der Waals surface area (Å²) in [7, 11) is -0.474. The third-order valence-corrected chi connectivity index (χ3v) is 5.31. The van der Waals surface area contributed by atoms with E-state index in [1.54, 1.807) is 0 Å². The minimum Gasteiger partial charge on any atom is -0.417 e. The summed E-state index contributed by atoms with van der Waals surface area (Å²) in [5.74, 6) is 1.68. The van der Waals surface area contributed by atoms with Gasteiger partial charge in [0.25, 0.3) is 0 Å². The SMILES string of the molecule is CCCC[C@@H](C)CCC[C@H](C)C=CCCCCCCO[Si](C)C. The van der Waals surface area contributed by atoms with Gasteiger partial charge in [0.05, 0.1) is 0 Å². The predicted octanol–water partition coefficient (Wildman–Crippen LogP) is 7.39. The quantitative estimate of drug-likeness (QED) is 0.162. The normalized spacial score (nSPS) is 14.7. The molecule has 0 saturated heterocycles. The van der Waals surface area contributed by atoms with Crippen molar-refractivity contribution in [2.45, 2.75) is 104 Å². The molecule has 0 aliphatic carbocycles. The maximum atomic E-state index is 5.66. The summed E-state index contributed by atoms with van der Waals surface area (Å²) in [5.41, 5.74) is 0. The summed E-state index contributed by atoms with van der Waals surface area (Å²) in [6.45, 7) is 12.5. The lowest BCUT2D eigenvalue weighted by atomic mass is 9.95. The molecule has 0 aromatic rings. The lowest BCUT2D eigenvalue weighted by molar-refractivity contribution is 0.312. The van der Waals surface area contributed by atoms with E-state index in [1.807, 2.05) is 0 Å². The zero-order chi connectivity index (χ0) is 17.3. The van der Waals surface area contributed by atoms with Crippen molar-refractivity contribution in [3.05, 3.63) is 12.2 Å². The van der Waals surface area contributed by atoms with Crippen LogP contribution in [0.25, 0.3) is 0 Å². The van der Waals surface area contributed by atoms with Gasteiger partial charge in [0.1, 0.15) is 0 Å². The maximum Gasteiger partial charge on any atom is 0.204 e. The second-order valence-electron chi connectivity index (χ2n) is 7.54. The first kappa shape index (κ1) is 22.9. The van der Waals surface area contributed by atoms with E-state index in [0.29, 0.717) is 0 Å². The van der Waals surface area contributed by atoms with Gasteiger partial charge in [0.15, 0.2) is 0 Å². The second-order valence-corrected chi connectivity index (χ2v) is 9.65. The van der Waals surface area contributed by atoms with E-state index in [9.17, 15) is 0 Å². The molecule has 0 spiro atoms. The van der Waals surface area contributed by atoms with E-state index in [1.165, 1.54) is 70.6 Å². The Morgan fingerprint density at radius 3 is 2.26 bits per heavy atom. The molecule has 0 amide bonds. The highest BCUT2D eigenvalue weighted by Gasteiger charge is 2.03. The van der Waals surface area contributed by atoms with Gasteiger partial charge in [-0.3, -0.25) is 0 Å². The van der Waals surface area contributed by atoms with Crippen LogP contribution in [0.4, 0.5) is 0 Å². The Kier molecular flexibility index (Phi) is 16.7. The largest absolute Gasteiger partial charge is 0.417 e. The Morgan fingerprint density at radius 1 is 0.870 bits per heavy atom. The molecular formula is C21H43OSi. The first-order valence-corrected chi connectivity index (χ1v) is 12.6. The molecule has 0 N–H and O–H groups in total. The van der Waals surface area contributed by atoms with Crippen LogP contribution in [0.2, 0.25) is 13.1 Å². The van der Waals surface area contributed by atoms with Crippen LogP contribution < -0.4 is 0 Å². The Labute approximate surface area is 149 Å². The van der Waals surface area contributed by atoms with Crippen LogP contribution in [0.3, 0.4) is 0 Å². The first-order chi connectivity index (χ1) is 11.1. The van der Waals surface area contributed by atoms with Crippen molar-refractivity contribution in [1.29, 1.82) is 0 Å². The van der Waals surface area contributed by atoms with Crippen molar-refractivity contribution in [1.82, 2.24) is 0 Å². The van der Waals surface area contributed by atoms with Crippen LogP contribution in [0.15, 0.2) is 12.2 Å². The maximum absolute atomic E-state index is 5.66. The van der Waals surface area contributed by atoms with Crippen molar-refractivity contribution in [2.75, 3.05) is 6.61 Å². The van der Waals surface area contributed by atoms with E-state index < -0.39 is 9.04 Å². The smallest absolute Gasteiger partial charge is 0.204 e. The average Bonchev–Trinajstić information content (AvgIpc) is 2.51. The Bertz CT molecular complexity index is 263. The fraction of sp³-hybridized carbons (Fsp3) is 0.905. The summed E-state index contributed by atoms with van der Waals surface area (Å²) in [4.78, 5) is 0. The van der Waals surface area contributed by atoms with Crippen LogP contribution in [0, 0.1) is 11.8 Å². The highest BCUT2D eigenvalue weighted by atomic mass is 28.3. The Balaban J connectivity index is 3.39. The third-order valence-electron chi connectivity index (χ3n) is 4.53. The zero-order valence-electron chi connectivity index (χ0n) is 16.7. The van der Waals surface area contributed by atoms with Crippen molar-refractivity contribution in [3.8, 4) is 0 Å². The standard InChI is InChI=1S/C21H43OSi/c1-6-7-15-20(2)17-14-18-21(3)16-12-10-8-9-11-13-19-22-23(4)5/h12,16,20-21H,6-11,13-15,17-19H2,1-5H3/t20-,21-/m1/s1. The van der Waals surface area contributed by atoms with E-state index in [0.717, 1.165) is 18.4 Å². The number of hydrogen-bond donors (Lipinski definition) is 0. The number of hydrogen-bond acceptors (Lipinski definition) is 1. The molecule has 2 heteroatoms. The van der Waals surface area contributed by atoms with Gasteiger partial charge in [-0.25, -0.2) is 0 Å². The molecule has 0 aliphatic heterocycles. The van der Waals surface area contributed by atoms with Crippen molar-refractivity contribution in [3.63, 3.8) is 0 Å². The summed E-state index contributed by atoms with van der Waals surface area (Å²) in [6.07, 6.45) is 19.7. The molecule has 0 aliphatic rings. The molecule has 0 aromatic heterocycles. The monoisotopic (exact) mass is 339 g/mol. The van der Waals surface area contributed by atoms with E-state index in [-0.39, 0.29) is 0 Å².